The predicted octanol–water partition coefficient (Wildman–Crippen LogP) is 3.67. The van der Waals surface area contributed by atoms with E-state index in [1.165, 1.54) is 0 Å². The van der Waals surface area contributed by atoms with Crippen molar-refractivity contribution in [2.24, 2.45) is 0 Å². The van der Waals surface area contributed by atoms with Crippen molar-refractivity contribution in [2.45, 2.75) is 19.9 Å². The van der Waals surface area contributed by atoms with Crippen molar-refractivity contribution < 1.29 is 19.1 Å². The minimum absolute atomic E-state index is 0.0987. The molecule has 4 rings (SSSR count). The Hall–Kier alpha value is -3.32. The summed E-state index contributed by atoms with van der Waals surface area (Å²) in [6.45, 7) is 2.69. The van der Waals surface area contributed by atoms with Gasteiger partial charge in [-0.2, -0.15) is 5.10 Å². The lowest BCUT2D eigenvalue weighted by atomic mass is 10.0. The maximum absolute atomic E-state index is 12.8. The largest absolute Gasteiger partial charge is 0.484 e. The van der Waals surface area contributed by atoms with Gasteiger partial charge in [-0.1, -0.05) is 29.8 Å². The van der Waals surface area contributed by atoms with Crippen LogP contribution in [0.1, 0.15) is 28.7 Å². The molecule has 0 unspecified atom stereocenters. The van der Waals surface area contributed by atoms with Crippen molar-refractivity contribution in [2.75, 3.05) is 19.8 Å². The van der Waals surface area contributed by atoms with Gasteiger partial charge in [-0.25, -0.2) is 9.48 Å². The van der Waals surface area contributed by atoms with Crippen LogP contribution < -0.4 is 4.74 Å². The van der Waals surface area contributed by atoms with Crippen molar-refractivity contribution in [3.8, 4) is 11.4 Å². The smallest absolute Gasteiger partial charge is 0.359 e. The first-order valence-electron chi connectivity index (χ1n) is 10.1. The standard InChI is InChI=1S/C23H22ClN3O4/c1-2-30-23(29)22-19-14-26(21(28)15-31-18-10-8-16(24)9-11-18)13-12-20(19)27(25-22)17-6-4-3-5-7-17/h3-11H,2,12-15H2,1H3. The van der Waals surface area contributed by atoms with Gasteiger partial charge in [0.15, 0.2) is 12.3 Å². The second-order valence-corrected chi connectivity index (χ2v) is 7.49. The molecule has 0 bridgehead atoms. The first-order chi connectivity index (χ1) is 15.1. The normalized spacial score (nSPS) is 12.9. The average molecular weight is 440 g/mol. The van der Waals surface area contributed by atoms with Gasteiger partial charge >= 0.3 is 5.97 Å². The van der Waals surface area contributed by atoms with E-state index in [2.05, 4.69) is 5.10 Å². The predicted molar refractivity (Wildman–Crippen MR) is 116 cm³/mol. The molecule has 160 valence electrons. The molecule has 2 aromatic carbocycles. The molecule has 2 heterocycles. The van der Waals surface area contributed by atoms with Crippen LogP contribution in [0.15, 0.2) is 54.6 Å². The monoisotopic (exact) mass is 439 g/mol. The Balaban J connectivity index is 1.55. The molecule has 1 aromatic heterocycles. The van der Waals surface area contributed by atoms with Crippen LogP contribution in [0.5, 0.6) is 5.75 Å². The van der Waals surface area contributed by atoms with Gasteiger partial charge in [0.2, 0.25) is 0 Å². The summed E-state index contributed by atoms with van der Waals surface area (Å²) in [5, 5.41) is 5.14. The average Bonchev–Trinajstić information content (AvgIpc) is 3.18. The summed E-state index contributed by atoms with van der Waals surface area (Å²) in [5.41, 5.74) is 2.74. The zero-order chi connectivity index (χ0) is 21.8. The third-order valence-electron chi connectivity index (χ3n) is 5.06. The highest BCUT2D eigenvalue weighted by Gasteiger charge is 2.31. The number of amides is 1. The number of aromatic nitrogens is 2. The molecule has 0 saturated carbocycles. The number of fused-ring (bicyclic) bond motifs is 1. The fourth-order valence-electron chi connectivity index (χ4n) is 3.55. The second-order valence-electron chi connectivity index (χ2n) is 7.05. The van der Waals surface area contributed by atoms with Crippen LogP contribution in [0.3, 0.4) is 0 Å². The van der Waals surface area contributed by atoms with Crippen LogP contribution in [-0.4, -0.2) is 46.3 Å². The number of esters is 1. The fraction of sp³-hybridized carbons (Fsp3) is 0.261. The number of para-hydroxylation sites is 1. The Kier molecular flexibility index (Phi) is 6.23. The Morgan fingerprint density at radius 3 is 2.55 bits per heavy atom. The second kappa shape index (κ2) is 9.22. The molecule has 0 spiro atoms. The molecule has 1 amide bonds. The molecular weight excluding hydrogens is 418 g/mol. The first-order valence-corrected chi connectivity index (χ1v) is 10.4. The molecule has 0 fully saturated rings. The van der Waals surface area contributed by atoms with Gasteiger partial charge in [0.05, 0.1) is 24.5 Å². The number of benzene rings is 2. The lowest BCUT2D eigenvalue weighted by molar-refractivity contribution is -0.134. The number of carbonyl (C=O) groups is 2. The minimum atomic E-state index is -0.486. The van der Waals surface area contributed by atoms with Crippen molar-refractivity contribution in [1.82, 2.24) is 14.7 Å². The fourth-order valence-corrected chi connectivity index (χ4v) is 3.67. The van der Waals surface area contributed by atoms with Crippen molar-refractivity contribution in [3.05, 3.63) is 76.6 Å². The summed E-state index contributed by atoms with van der Waals surface area (Å²) in [6.07, 6.45) is 0.573. The highest BCUT2D eigenvalue weighted by atomic mass is 35.5. The topological polar surface area (TPSA) is 73.7 Å². The van der Waals surface area contributed by atoms with Crippen LogP contribution in [-0.2, 0) is 22.5 Å². The summed E-state index contributed by atoms with van der Waals surface area (Å²) < 4.78 is 12.6. The van der Waals surface area contributed by atoms with Crippen molar-refractivity contribution >= 4 is 23.5 Å². The zero-order valence-electron chi connectivity index (χ0n) is 17.1. The van der Waals surface area contributed by atoms with Crippen LogP contribution >= 0.6 is 11.6 Å². The van der Waals surface area contributed by atoms with Gasteiger partial charge < -0.3 is 14.4 Å². The number of ether oxygens (including phenoxy) is 2. The van der Waals surface area contributed by atoms with Crippen LogP contribution in [0, 0.1) is 0 Å². The van der Waals surface area contributed by atoms with Gasteiger partial charge in [0.1, 0.15) is 5.75 Å². The van der Waals surface area contributed by atoms with Crippen LogP contribution in [0.25, 0.3) is 5.69 Å². The highest BCUT2D eigenvalue weighted by molar-refractivity contribution is 6.30. The molecule has 1 aliphatic rings. The maximum atomic E-state index is 12.8. The molecular formula is C23H22ClN3O4. The molecule has 0 radical (unpaired) electrons. The van der Waals surface area contributed by atoms with E-state index in [9.17, 15) is 9.59 Å². The van der Waals surface area contributed by atoms with E-state index in [-0.39, 0.29) is 31.4 Å². The van der Waals surface area contributed by atoms with Crippen LogP contribution in [0.4, 0.5) is 0 Å². The Bertz CT molecular complexity index is 1080. The summed E-state index contributed by atoms with van der Waals surface area (Å²) in [5.74, 6) is -0.0810. The van der Waals surface area contributed by atoms with E-state index in [1.54, 1.807) is 40.8 Å². The van der Waals surface area contributed by atoms with E-state index in [0.29, 0.717) is 29.3 Å². The number of carbonyl (C=O) groups excluding carboxylic acids is 2. The minimum Gasteiger partial charge on any atom is -0.484 e. The number of hydrogen-bond acceptors (Lipinski definition) is 5. The number of nitrogens with zero attached hydrogens (tertiary/aromatic N) is 3. The van der Waals surface area contributed by atoms with Gasteiger partial charge in [-0.3, -0.25) is 4.79 Å². The lowest BCUT2D eigenvalue weighted by Crippen LogP contribution is -2.39. The van der Waals surface area contributed by atoms with E-state index in [1.807, 2.05) is 30.3 Å². The molecule has 0 N–H and O–H groups in total. The molecule has 0 atom stereocenters. The molecule has 8 heteroatoms. The highest BCUT2D eigenvalue weighted by Crippen LogP contribution is 2.26. The molecule has 0 saturated heterocycles. The Morgan fingerprint density at radius 1 is 1.10 bits per heavy atom. The summed E-state index contributed by atoms with van der Waals surface area (Å²) >= 11 is 5.88. The summed E-state index contributed by atoms with van der Waals surface area (Å²) in [6, 6.07) is 16.5. The SMILES string of the molecule is CCOC(=O)c1nn(-c2ccccc2)c2c1CN(C(=O)COc1ccc(Cl)cc1)CC2. The third-order valence-corrected chi connectivity index (χ3v) is 5.31. The number of rotatable bonds is 6. The van der Waals surface area contributed by atoms with Crippen LogP contribution in [0.2, 0.25) is 5.02 Å². The Morgan fingerprint density at radius 2 is 1.84 bits per heavy atom. The van der Waals surface area contributed by atoms with Gasteiger partial charge in [-0.05, 0) is 43.3 Å². The van der Waals surface area contributed by atoms with E-state index in [4.69, 9.17) is 21.1 Å². The molecule has 7 nitrogen and oxygen atoms in total. The number of hydrogen-bond donors (Lipinski definition) is 0. The molecule has 31 heavy (non-hydrogen) atoms. The maximum Gasteiger partial charge on any atom is 0.359 e. The summed E-state index contributed by atoms with van der Waals surface area (Å²) in [7, 11) is 0. The third kappa shape index (κ3) is 4.56. The van der Waals surface area contributed by atoms with Gasteiger partial charge in [-0.15, -0.1) is 0 Å². The molecule has 3 aromatic rings. The van der Waals surface area contributed by atoms with Gasteiger partial charge in [0.25, 0.3) is 5.91 Å². The Labute approximate surface area is 185 Å². The zero-order valence-corrected chi connectivity index (χ0v) is 17.8. The first kappa shape index (κ1) is 20.9. The van der Waals surface area contributed by atoms with E-state index in [0.717, 1.165) is 11.4 Å². The summed E-state index contributed by atoms with van der Waals surface area (Å²) in [4.78, 5) is 27.0. The van der Waals surface area contributed by atoms with E-state index < -0.39 is 5.97 Å². The number of halogens is 1. The van der Waals surface area contributed by atoms with Crippen molar-refractivity contribution in [3.63, 3.8) is 0 Å². The van der Waals surface area contributed by atoms with Crippen molar-refractivity contribution in [1.29, 1.82) is 0 Å². The molecule has 0 aliphatic carbocycles. The quantitative estimate of drug-likeness (QED) is 0.548. The molecule has 1 aliphatic heterocycles. The van der Waals surface area contributed by atoms with Gasteiger partial charge in [0, 0.05) is 23.6 Å². The van der Waals surface area contributed by atoms with E-state index >= 15 is 0 Å². The lowest BCUT2D eigenvalue weighted by Gasteiger charge is -2.27.